The van der Waals surface area contributed by atoms with Crippen LogP contribution in [0.5, 0.6) is 0 Å². The van der Waals surface area contributed by atoms with Gasteiger partial charge < -0.3 is 0 Å². The summed E-state index contributed by atoms with van der Waals surface area (Å²) in [7, 11) is 0. The number of nitrogens with zero attached hydrogens (tertiary/aromatic N) is 1. The SMILES string of the molecule is CC(C)(C)c1cccc(C2C=CC=NC2=O)c1. The summed E-state index contributed by atoms with van der Waals surface area (Å²) in [6.07, 6.45) is 5.28. The Morgan fingerprint density at radius 2 is 2.00 bits per heavy atom. The van der Waals surface area contributed by atoms with Gasteiger partial charge in [-0.15, -0.1) is 0 Å². The van der Waals surface area contributed by atoms with Crippen molar-refractivity contribution in [3.63, 3.8) is 0 Å². The summed E-state index contributed by atoms with van der Waals surface area (Å²) in [5.41, 5.74) is 2.36. The molecule has 1 aromatic carbocycles. The lowest BCUT2D eigenvalue weighted by Gasteiger charge is -2.21. The topological polar surface area (TPSA) is 29.4 Å². The van der Waals surface area contributed by atoms with E-state index in [1.165, 1.54) is 5.56 Å². The monoisotopic (exact) mass is 227 g/mol. The van der Waals surface area contributed by atoms with Gasteiger partial charge in [0.25, 0.3) is 5.91 Å². The van der Waals surface area contributed by atoms with E-state index in [2.05, 4.69) is 37.9 Å². The minimum absolute atomic E-state index is 0.0847. The third-order valence-corrected chi connectivity index (χ3v) is 2.97. The molecule has 0 radical (unpaired) electrons. The molecule has 0 bridgehead atoms. The number of carbonyl (C=O) groups excluding carboxylic acids is 1. The first-order valence-corrected chi connectivity index (χ1v) is 5.83. The van der Waals surface area contributed by atoms with Crippen molar-refractivity contribution in [1.82, 2.24) is 0 Å². The Labute approximate surface area is 102 Å². The van der Waals surface area contributed by atoms with E-state index in [9.17, 15) is 4.79 Å². The van der Waals surface area contributed by atoms with Crippen molar-refractivity contribution in [3.8, 4) is 0 Å². The number of rotatable bonds is 1. The van der Waals surface area contributed by atoms with Gasteiger partial charge in [-0.3, -0.25) is 4.79 Å². The molecule has 88 valence electrons. The van der Waals surface area contributed by atoms with Gasteiger partial charge in [0.15, 0.2) is 0 Å². The quantitative estimate of drug-likeness (QED) is 0.724. The molecule has 0 aromatic heterocycles. The molecule has 1 aliphatic heterocycles. The summed E-state index contributed by atoms with van der Waals surface area (Å²) >= 11 is 0. The summed E-state index contributed by atoms with van der Waals surface area (Å²) in [4.78, 5) is 15.5. The molecule has 0 saturated heterocycles. The van der Waals surface area contributed by atoms with Crippen LogP contribution in [-0.2, 0) is 10.2 Å². The van der Waals surface area contributed by atoms with Gasteiger partial charge in [-0.25, -0.2) is 4.99 Å². The zero-order valence-corrected chi connectivity index (χ0v) is 10.5. The summed E-state index contributed by atoms with van der Waals surface area (Å²) in [6.45, 7) is 6.51. The highest BCUT2D eigenvalue weighted by molar-refractivity contribution is 5.97. The molecule has 1 unspecified atom stereocenters. The Bertz CT molecular complexity index is 492. The maximum Gasteiger partial charge on any atom is 0.257 e. The van der Waals surface area contributed by atoms with Crippen LogP contribution >= 0.6 is 0 Å². The zero-order valence-electron chi connectivity index (χ0n) is 10.5. The minimum Gasteiger partial charge on any atom is -0.272 e. The lowest BCUT2D eigenvalue weighted by atomic mass is 9.84. The average Bonchev–Trinajstić information content (AvgIpc) is 2.29. The van der Waals surface area contributed by atoms with Crippen LogP contribution in [0.2, 0.25) is 0 Å². The second-order valence-corrected chi connectivity index (χ2v) is 5.35. The summed E-state index contributed by atoms with van der Waals surface area (Å²) in [5, 5.41) is 0. The van der Waals surface area contributed by atoms with E-state index in [-0.39, 0.29) is 17.2 Å². The number of hydrogen-bond acceptors (Lipinski definition) is 1. The van der Waals surface area contributed by atoms with Crippen LogP contribution in [0.15, 0.2) is 41.4 Å². The summed E-state index contributed by atoms with van der Waals surface area (Å²) in [6, 6.07) is 8.20. The molecule has 0 aliphatic carbocycles. The molecule has 0 spiro atoms. The lowest BCUT2D eigenvalue weighted by Crippen LogP contribution is -2.14. The van der Waals surface area contributed by atoms with Crippen molar-refractivity contribution < 1.29 is 4.79 Å². The fourth-order valence-electron chi connectivity index (χ4n) is 1.89. The number of aliphatic imine (C=N–C) groups is 1. The fourth-order valence-corrected chi connectivity index (χ4v) is 1.89. The molecular weight excluding hydrogens is 210 g/mol. The molecule has 2 rings (SSSR count). The molecule has 17 heavy (non-hydrogen) atoms. The third-order valence-electron chi connectivity index (χ3n) is 2.97. The van der Waals surface area contributed by atoms with Crippen molar-refractivity contribution in [2.45, 2.75) is 32.1 Å². The molecule has 1 atom stereocenters. The second-order valence-electron chi connectivity index (χ2n) is 5.35. The first kappa shape index (κ1) is 11.8. The number of hydrogen-bond donors (Lipinski definition) is 0. The molecule has 0 saturated carbocycles. The van der Waals surface area contributed by atoms with Gasteiger partial charge in [-0.2, -0.15) is 0 Å². The second kappa shape index (κ2) is 4.28. The smallest absolute Gasteiger partial charge is 0.257 e. The van der Waals surface area contributed by atoms with Crippen LogP contribution in [0.25, 0.3) is 0 Å². The van der Waals surface area contributed by atoms with Crippen molar-refractivity contribution in [2.75, 3.05) is 0 Å². The summed E-state index contributed by atoms with van der Waals surface area (Å²) < 4.78 is 0. The van der Waals surface area contributed by atoms with Gasteiger partial charge in [0.05, 0.1) is 5.92 Å². The van der Waals surface area contributed by atoms with E-state index >= 15 is 0 Å². The van der Waals surface area contributed by atoms with E-state index in [1.807, 2.05) is 24.3 Å². The van der Waals surface area contributed by atoms with Crippen LogP contribution in [0.1, 0.15) is 37.8 Å². The van der Waals surface area contributed by atoms with Gasteiger partial charge >= 0.3 is 0 Å². The standard InChI is InChI=1S/C15H17NO/c1-15(2,3)12-7-4-6-11(10-12)13-8-5-9-16-14(13)17/h4-10,13H,1-3H3. The maximum absolute atomic E-state index is 11.7. The van der Waals surface area contributed by atoms with Gasteiger partial charge in [0.1, 0.15) is 0 Å². The van der Waals surface area contributed by atoms with Crippen LogP contribution in [0.3, 0.4) is 0 Å². The molecule has 2 heteroatoms. The summed E-state index contributed by atoms with van der Waals surface area (Å²) in [5.74, 6) is -0.305. The number of allylic oxidation sites excluding steroid dienone is 1. The number of carbonyl (C=O) groups is 1. The van der Waals surface area contributed by atoms with Gasteiger partial charge in [-0.05, 0) is 22.6 Å². The van der Waals surface area contributed by atoms with E-state index < -0.39 is 0 Å². The highest BCUT2D eigenvalue weighted by Crippen LogP contribution is 2.27. The third kappa shape index (κ3) is 2.52. The Morgan fingerprint density at radius 1 is 1.24 bits per heavy atom. The van der Waals surface area contributed by atoms with Gasteiger partial charge in [0.2, 0.25) is 0 Å². The molecule has 0 N–H and O–H groups in total. The molecular formula is C15H17NO. The van der Waals surface area contributed by atoms with E-state index in [0.717, 1.165) is 5.56 Å². The zero-order chi connectivity index (χ0) is 12.5. The Morgan fingerprint density at radius 3 is 2.65 bits per heavy atom. The number of dihydropyridines is 1. The average molecular weight is 227 g/mol. The first-order chi connectivity index (χ1) is 7.98. The molecule has 2 nitrogen and oxygen atoms in total. The maximum atomic E-state index is 11.7. The van der Waals surface area contributed by atoms with Crippen LogP contribution in [-0.4, -0.2) is 12.1 Å². The highest BCUT2D eigenvalue weighted by atomic mass is 16.1. The fraction of sp³-hybridized carbons (Fsp3) is 0.333. The predicted octanol–water partition coefficient (Wildman–Crippen LogP) is 3.23. The van der Waals surface area contributed by atoms with Crippen molar-refractivity contribution in [2.24, 2.45) is 4.99 Å². The van der Waals surface area contributed by atoms with Crippen molar-refractivity contribution in [3.05, 3.63) is 47.5 Å². The number of benzene rings is 1. The highest BCUT2D eigenvalue weighted by Gasteiger charge is 2.21. The lowest BCUT2D eigenvalue weighted by molar-refractivity contribution is -0.118. The van der Waals surface area contributed by atoms with Gasteiger partial charge in [-0.1, -0.05) is 51.1 Å². The van der Waals surface area contributed by atoms with E-state index in [1.54, 1.807) is 6.21 Å². The van der Waals surface area contributed by atoms with E-state index in [0.29, 0.717) is 0 Å². The van der Waals surface area contributed by atoms with Crippen LogP contribution < -0.4 is 0 Å². The molecule has 0 fully saturated rings. The van der Waals surface area contributed by atoms with E-state index in [4.69, 9.17) is 0 Å². The van der Waals surface area contributed by atoms with Crippen molar-refractivity contribution in [1.29, 1.82) is 0 Å². The predicted molar refractivity (Wildman–Crippen MR) is 70.5 cm³/mol. The minimum atomic E-state index is -0.220. The first-order valence-electron chi connectivity index (χ1n) is 5.83. The van der Waals surface area contributed by atoms with Crippen molar-refractivity contribution >= 4 is 12.1 Å². The molecule has 1 aliphatic rings. The van der Waals surface area contributed by atoms with Crippen LogP contribution in [0, 0.1) is 0 Å². The molecule has 1 heterocycles. The Hall–Kier alpha value is -1.70. The Kier molecular flexibility index (Phi) is 2.97. The van der Waals surface area contributed by atoms with Gasteiger partial charge in [0, 0.05) is 6.21 Å². The molecule has 1 aromatic rings. The Balaban J connectivity index is 2.37. The molecule has 1 amide bonds. The van der Waals surface area contributed by atoms with Crippen LogP contribution in [0.4, 0.5) is 0 Å². The largest absolute Gasteiger partial charge is 0.272 e. The normalized spacial score (nSPS) is 19.7. The number of amides is 1.